The second-order valence-electron chi connectivity index (χ2n) is 11.6. The minimum absolute atomic E-state index is 0.0531. The maximum Gasteiger partial charge on any atom is 0.433 e. The molecular formula is C27H31Cl2F3N4O5. The summed E-state index contributed by atoms with van der Waals surface area (Å²) < 4.78 is 50.2. The average molecular weight is 619 g/mol. The van der Waals surface area contributed by atoms with Crippen LogP contribution in [0.2, 0.25) is 10.0 Å². The third-order valence-corrected chi connectivity index (χ3v) is 8.52. The first-order valence-corrected chi connectivity index (χ1v) is 14.0. The van der Waals surface area contributed by atoms with Crippen molar-refractivity contribution in [1.82, 2.24) is 19.7 Å². The van der Waals surface area contributed by atoms with Gasteiger partial charge in [-0.3, -0.25) is 24.0 Å². The molecule has 1 saturated carbocycles. The summed E-state index contributed by atoms with van der Waals surface area (Å²) in [6, 6.07) is -0.746. The monoisotopic (exact) mass is 618 g/mol. The van der Waals surface area contributed by atoms with Crippen LogP contribution in [-0.4, -0.2) is 67.2 Å². The fourth-order valence-corrected chi connectivity index (χ4v) is 6.12. The molecule has 0 spiro atoms. The van der Waals surface area contributed by atoms with Crippen LogP contribution in [0.3, 0.4) is 0 Å². The Bertz CT molecular complexity index is 1320. The summed E-state index contributed by atoms with van der Waals surface area (Å²) in [4.78, 5) is 43.5. The van der Waals surface area contributed by atoms with Gasteiger partial charge in [0.1, 0.15) is 0 Å². The number of hydrogen-bond acceptors (Lipinski definition) is 6. The number of ether oxygens (including phenoxy) is 1. The van der Waals surface area contributed by atoms with E-state index in [0.29, 0.717) is 12.8 Å². The average Bonchev–Trinajstić information content (AvgIpc) is 3.46. The zero-order valence-electron chi connectivity index (χ0n) is 22.8. The van der Waals surface area contributed by atoms with E-state index in [4.69, 9.17) is 27.9 Å². The Morgan fingerprint density at radius 1 is 1.07 bits per heavy atom. The van der Waals surface area contributed by atoms with E-state index in [9.17, 15) is 32.7 Å². The number of nitrogens with zero attached hydrogens (tertiary/aromatic N) is 4. The number of alkyl halides is 3. The van der Waals surface area contributed by atoms with Crippen LogP contribution in [0.4, 0.5) is 13.2 Å². The highest BCUT2D eigenvalue weighted by molar-refractivity contribution is 6.39. The third kappa shape index (κ3) is 6.70. The number of carbonyl (C=O) groups excluding carboxylic acids is 2. The number of hydrogen-bond donors (Lipinski definition) is 1. The van der Waals surface area contributed by atoms with Crippen LogP contribution < -0.4 is 0 Å². The molecule has 0 unspecified atom stereocenters. The summed E-state index contributed by atoms with van der Waals surface area (Å²) >= 11 is 12.3. The van der Waals surface area contributed by atoms with Gasteiger partial charge >= 0.3 is 12.1 Å². The van der Waals surface area contributed by atoms with Gasteiger partial charge in [-0.05, 0) is 59.3 Å². The second-order valence-corrected chi connectivity index (χ2v) is 12.4. The molecule has 1 aliphatic heterocycles. The van der Waals surface area contributed by atoms with Crippen LogP contribution in [-0.2, 0) is 15.7 Å². The van der Waals surface area contributed by atoms with E-state index in [0.717, 1.165) is 15.8 Å². The number of carboxylic acid groups (broad SMARTS) is 1. The lowest BCUT2D eigenvalue weighted by atomic mass is 9.74. The molecule has 4 rings (SSSR count). The van der Waals surface area contributed by atoms with Gasteiger partial charge in [0.2, 0.25) is 0 Å². The molecule has 2 aliphatic rings. The van der Waals surface area contributed by atoms with Gasteiger partial charge < -0.3 is 14.7 Å². The van der Waals surface area contributed by atoms with E-state index < -0.39 is 64.8 Å². The molecule has 41 heavy (non-hydrogen) atoms. The molecule has 0 aromatic carbocycles. The van der Waals surface area contributed by atoms with Gasteiger partial charge in [-0.25, -0.2) is 0 Å². The van der Waals surface area contributed by atoms with E-state index in [1.807, 2.05) is 13.8 Å². The van der Waals surface area contributed by atoms with Gasteiger partial charge in [0.05, 0.1) is 57.1 Å². The molecule has 1 saturated heterocycles. The summed E-state index contributed by atoms with van der Waals surface area (Å²) in [5, 5.41) is 13.4. The Morgan fingerprint density at radius 3 is 2.20 bits per heavy atom. The predicted molar refractivity (Wildman–Crippen MR) is 143 cm³/mol. The van der Waals surface area contributed by atoms with Crippen molar-refractivity contribution in [1.29, 1.82) is 0 Å². The second kappa shape index (κ2) is 11.5. The highest BCUT2D eigenvalue weighted by atomic mass is 35.5. The van der Waals surface area contributed by atoms with Gasteiger partial charge in [0.15, 0.2) is 11.5 Å². The van der Waals surface area contributed by atoms with Crippen LogP contribution in [0.1, 0.15) is 91.7 Å². The van der Waals surface area contributed by atoms with Crippen molar-refractivity contribution in [3.63, 3.8) is 0 Å². The topological polar surface area (TPSA) is 115 Å². The SMILES string of the molecule is CC1(C)CC[C@H](CN(CC(=O)c2c(Cl)cncc2Cl)C(=O)c2cnn([C@H]3CC[C@](C)(C(=O)O)CC3)c2C(F)(F)F)O1. The fraction of sp³-hybridized carbons (Fsp3) is 0.593. The van der Waals surface area contributed by atoms with Gasteiger partial charge in [-0.15, -0.1) is 0 Å². The van der Waals surface area contributed by atoms with Crippen molar-refractivity contribution in [2.75, 3.05) is 13.1 Å². The van der Waals surface area contributed by atoms with E-state index >= 15 is 0 Å². The number of carboxylic acids is 1. The van der Waals surface area contributed by atoms with Crippen LogP contribution in [0.5, 0.6) is 0 Å². The highest BCUT2D eigenvalue weighted by Crippen LogP contribution is 2.43. The molecule has 0 radical (unpaired) electrons. The van der Waals surface area contributed by atoms with Gasteiger partial charge in [-0.2, -0.15) is 18.3 Å². The zero-order valence-corrected chi connectivity index (χ0v) is 24.3. The molecule has 9 nitrogen and oxygen atoms in total. The van der Waals surface area contributed by atoms with E-state index in [2.05, 4.69) is 10.1 Å². The lowest BCUT2D eigenvalue weighted by molar-refractivity contribution is -0.152. The minimum atomic E-state index is -4.95. The summed E-state index contributed by atoms with van der Waals surface area (Å²) in [6.07, 6.45) is -0.361. The summed E-state index contributed by atoms with van der Waals surface area (Å²) in [7, 11) is 0. The Labute approximate surface area is 244 Å². The summed E-state index contributed by atoms with van der Waals surface area (Å²) in [6.45, 7) is 4.55. The van der Waals surface area contributed by atoms with E-state index in [-0.39, 0.29) is 47.8 Å². The number of amides is 1. The normalized spacial score (nSPS) is 24.3. The maximum atomic E-state index is 14.5. The number of aliphatic carboxylic acids is 1. The fourth-order valence-electron chi connectivity index (χ4n) is 5.55. The smallest absolute Gasteiger partial charge is 0.433 e. The van der Waals surface area contributed by atoms with Crippen LogP contribution in [0, 0.1) is 5.41 Å². The van der Waals surface area contributed by atoms with Crippen molar-refractivity contribution in [2.45, 2.75) is 83.2 Å². The van der Waals surface area contributed by atoms with Gasteiger partial charge in [0, 0.05) is 18.9 Å². The first-order valence-electron chi connectivity index (χ1n) is 13.2. The quantitative estimate of drug-likeness (QED) is 0.356. The zero-order chi connectivity index (χ0) is 30.3. The highest BCUT2D eigenvalue weighted by Gasteiger charge is 2.45. The number of rotatable bonds is 8. The molecule has 2 fully saturated rings. The van der Waals surface area contributed by atoms with Crippen molar-refractivity contribution in [3.8, 4) is 0 Å². The van der Waals surface area contributed by atoms with Crippen LogP contribution in [0.25, 0.3) is 0 Å². The molecule has 3 heterocycles. The predicted octanol–water partition coefficient (Wildman–Crippen LogP) is 6.09. The number of Topliss-reactive ketones (excluding diaryl/α,β-unsaturated/α-hetero) is 1. The Kier molecular flexibility index (Phi) is 8.78. The van der Waals surface area contributed by atoms with Crippen molar-refractivity contribution < 1.29 is 37.4 Å². The maximum absolute atomic E-state index is 14.5. The summed E-state index contributed by atoms with van der Waals surface area (Å²) in [5.74, 6) is -2.72. The molecule has 1 atom stereocenters. The number of halogens is 5. The molecule has 1 N–H and O–H groups in total. The largest absolute Gasteiger partial charge is 0.481 e. The number of pyridine rings is 1. The standard InChI is InChI=1S/C27H31Cl2F3N4O5/c1-25(2)7-6-16(41-25)13-35(14-20(37)21-18(28)11-33-12-19(21)29)23(38)17-10-34-36(22(17)27(30,31)32)15-4-8-26(3,9-5-15)24(39)40/h10-12,15-16H,4-9,13-14H2,1-3H3,(H,39,40)/t15-,16-,26-/m1/s1. The van der Waals surface area contributed by atoms with Gasteiger partial charge in [-0.1, -0.05) is 23.2 Å². The lowest BCUT2D eigenvalue weighted by Crippen LogP contribution is -2.42. The van der Waals surface area contributed by atoms with Crippen molar-refractivity contribution in [2.24, 2.45) is 5.41 Å². The van der Waals surface area contributed by atoms with Crippen LogP contribution in [0.15, 0.2) is 18.6 Å². The number of ketones is 1. The van der Waals surface area contributed by atoms with Crippen LogP contribution >= 0.6 is 23.2 Å². The van der Waals surface area contributed by atoms with Crippen molar-refractivity contribution in [3.05, 3.63) is 45.5 Å². The van der Waals surface area contributed by atoms with E-state index in [1.165, 1.54) is 12.4 Å². The number of carbonyl (C=O) groups is 3. The lowest BCUT2D eigenvalue weighted by Gasteiger charge is -2.34. The number of aromatic nitrogens is 3. The molecule has 1 aliphatic carbocycles. The summed E-state index contributed by atoms with van der Waals surface area (Å²) in [5.41, 5.74) is -3.57. The molecule has 14 heteroatoms. The van der Waals surface area contributed by atoms with Crippen molar-refractivity contribution >= 4 is 40.9 Å². The molecule has 2 aromatic rings. The Hall–Kier alpha value is -2.70. The first-order chi connectivity index (χ1) is 19.0. The molecule has 1 amide bonds. The third-order valence-electron chi connectivity index (χ3n) is 7.95. The molecule has 224 valence electrons. The van der Waals surface area contributed by atoms with Gasteiger partial charge in [0.25, 0.3) is 5.91 Å². The Morgan fingerprint density at radius 2 is 1.68 bits per heavy atom. The first kappa shape index (κ1) is 31.2. The molecule has 0 bridgehead atoms. The van der Waals surface area contributed by atoms with E-state index in [1.54, 1.807) is 6.92 Å². The Balaban J connectivity index is 1.67. The minimum Gasteiger partial charge on any atom is -0.481 e. The molecule has 2 aromatic heterocycles. The molecular weight excluding hydrogens is 588 g/mol.